The highest BCUT2D eigenvalue weighted by Crippen LogP contribution is 2.46. The average molecular weight is 345 g/mol. The quantitative estimate of drug-likeness (QED) is 0.621. The Kier molecular flexibility index (Phi) is 3.72. The molecule has 1 fully saturated rings. The van der Waals surface area contributed by atoms with E-state index < -0.39 is 0 Å². The molecule has 2 aliphatic rings. The van der Waals surface area contributed by atoms with Crippen molar-refractivity contribution in [3.63, 3.8) is 0 Å². The van der Waals surface area contributed by atoms with Crippen molar-refractivity contribution in [3.8, 4) is 0 Å². The molecule has 3 heterocycles. The Morgan fingerprint density at radius 2 is 1.81 bits per heavy atom. The van der Waals surface area contributed by atoms with E-state index in [0.29, 0.717) is 0 Å². The molecule has 0 N–H and O–H groups in total. The zero-order valence-electron chi connectivity index (χ0n) is 15.9. The first-order valence-electron chi connectivity index (χ1n) is 10.1. The van der Waals surface area contributed by atoms with Gasteiger partial charge in [-0.25, -0.2) is 0 Å². The SMILES string of the molecule is C[C@@H]1CC[C@]2(C)c3c(c4ccccc4n3Cc3ccccc3)CCN2C1. The minimum atomic E-state index is 0.174. The highest BCUT2D eigenvalue weighted by Gasteiger charge is 2.44. The summed E-state index contributed by atoms with van der Waals surface area (Å²) in [6, 6.07) is 20.0. The van der Waals surface area contributed by atoms with Crippen molar-refractivity contribution in [2.75, 3.05) is 13.1 Å². The summed E-state index contributed by atoms with van der Waals surface area (Å²) in [7, 11) is 0. The number of fused-ring (bicyclic) bond motifs is 5. The number of para-hydroxylation sites is 1. The van der Waals surface area contributed by atoms with Crippen LogP contribution in [0.5, 0.6) is 0 Å². The van der Waals surface area contributed by atoms with Crippen molar-refractivity contribution in [2.45, 2.75) is 45.2 Å². The molecule has 0 radical (unpaired) electrons. The van der Waals surface area contributed by atoms with Crippen LogP contribution >= 0.6 is 0 Å². The van der Waals surface area contributed by atoms with Crippen LogP contribution in [-0.4, -0.2) is 22.6 Å². The number of piperidine rings is 1. The van der Waals surface area contributed by atoms with E-state index in [1.165, 1.54) is 48.8 Å². The zero-order valence-corrected chi connectivity index (χ0v) is 15.9. The van der Waals surface area contributed by atoms with Crippen LogP contribution < -0.4 is 0 Å². The summed E-state index contributed by atoms with van der Waals surface area (Å²) in [4.78, 5) is 2.77. The third kappa shape index (κ3) is 2.35. The maximum absolute atomic E-state index is 2.77. The van der Waals surface area contributed by atoms with Gasteiger partial charge in [-0.05, 0) is 49.3 Å². The first kappa shape index (κ1) is 16.1. The average Bonchev–Trinajstić information content (AvgIpc) is 2.98. The van der Waals surface area contributed by atoms with E-state index in [4.69, 9.17) is 0 Å². The predicted octanol–water partition coefficient (Wildman–Crippen LogP) is 5.19. The number of aromatic nitrogens is 1. The van der Waals surface area contributed by atoms with Gasteiger partial charge in [0.2, 0.25) is 0 Å². The molecule has 26 heavy (non-hydrogen) atoms. The van der Waals surface area contributed by atoms with Crippen LogP contribution in [0, 0.1) is 5.92 Å². The fraction of sp³-hybridized carbons (Fsp3) is 0.417. The van der Waals surface area contributed by atoms with Crippen LogP contribution in [0.3, 0.4) is 0 Å². The standard InChI is InChI=1S/C24H28N2/c1-18-12-14-24(2)23-21(13-15-25(24)16-18)20-10-6-7-11-22(20)26(23)17-19-8-4-3-5-9-19/h3-11,18H,12-17H2,1-2H3/t18-,24-/m1/s1. The highest BCUT2D eigenvalue weighted by atomic mass is 15.2. The molecule has 5 rings (SSSR count). The van der Waals surface area contributed by atoms with Gasteiger partial charge in [-0.1, -0.05) is 55.5 Å². The molecule has 0 amide bonds. The topological polar surface area (TPSA) is 8.17 Å². The van der Waals surface area contributed by atoms with Crippen molar-refractivity contribution in [1.29, 1.82) is 0 Å². The molecule has 2 heteroatoms. The second-order valence-electron chi connectivity index (χ2n) is 8.53. The van der Waals surface area contributed by atoms with E-state index in [-0.39, 0.29) is 5.54 Å². The molecular formula is C24H28N2. The fourth-order valence-electron chi connectivity index (χ4n) is 5.38. The van der Waals surface area contributed by atoms with Gasteiger partial charge < -0.3 is 4.57 Å². The summed E-state index contributed by atoms with van der Waals surface area (Å²) in [5.74, 6) is 0.816. The monoisotopic (exact) mass is 344 g/mol. The number of benzene rings is 2. The molecule has 0 aliphatic carbocycles. The van der Waals surface area contributed by atoms with Gasteiger partial charge in [0.15, 0.2) is 0 Å². The second kappa shape index (κ2) is 5.99. The van der Waals surface area contributed by atoms with E-state index in [2.05, 4.69) is 77.9 Å². The number of hydrogen-bond donors (Lipinski definition) is 0. The van der Waals surface area contributed by atoms with Crippen molar-refractivity contribution in [1.82, 2.24) is 9.47 Å². The molecule has 2 aliphatic heterocycles. The van der Waals surface area contributed by atoms with Gasteiger partial charge in [0.1, 0.15) is 0 Å². The Morgan fingerprint density at radius 3 is 2.65 bits per heavy atom. The molecule has 0 spiro atoms. The van der Waals surface area contributed by atoms with Gasteiger partial charge in [-0.3, -0.25) is 4.90 Å². The van der Waals surface area contributed by atoms with E-state index >= 15 is 0 Å². The minimum absolute atomic E-state index is 0.174. The molecule has 2 nitrogen and oxygen atoms in total. The van der Waals surface area contributed by atoms with Crippen LogP contribution in [0.25, 0.3) is 10.9 Å². The number of hydrogen-bond acceptors (Lipinski definition) is 1. The van der Waals surface area contributed by atoms with Crippen LogP contribution in [-0.2, 0) is 18.5 Å². The van der Waals surface area contributed by atoms with Crippen molar-refractivity contribution in [3.05, 3.63) is 71.4 Å². The van der Waals surface area contributed by atoms with E-state index in [9.17, 15) is 0 Å². The molecule has 2 atom stereocenters. The van der Waals surface area contributed by atoms with Gasteiger partial charge in [-0.15, -0.1) is 0 Å². The summed E-state index contributed by atoms with van der Waals surface area (Å²) in [6.07, 6.45) is 3.78. The Hall–Kier alpha value is -2.06. The van der Waals surface area contributed by atoms with Gasteiger partial charge in [0, 0.05) is 36.2 Å². The number of nitrogens with zero attached hydrogens (tertiary/aromatic N) is 2. The van der Waals surface area contributed by atoms with Crippen LogP contribution in [0.15, 0.2) is 54.6 Å². The summed E-state index contributed by atoms with van der Waals surface area (Å²) < 4.78 is 2.63. The van der Waals surface area contributed by atoms with Crippen LogP contribution in [0.2, 0.25) is 0 Å². The molecule has 3 aromatic rings. The van der Waals surface area contributed by atoms with Gasteiger partial charge >= 0.3 is 0 Å². The van der Waals surface area contributed by atoms with E-state index in [0.717, 1.165) is 12.5 Å². The Bertz CT molecular complexity index is 940. The Labute approximate surface area is 156 Å². The summed E-state index contributed by atoms with van der Waals surface area (Å²) in [5, 5.41) is 1.47. The van der Waals surface area contributed by atoms with Crippen molar-refractivity contribution >= 4 is 10.9 Å². The predicted molar refractivity (Wildman–Crippen MR) is 109 cm³/mol. The van der Waals surface area contributed by atoms with E-state index in [1.807, 2.05) is 0 Å². The largest absolute Gasteiger partial charge is 0.338 e. The lowest BCUT2D eigenvalue weighted by molar-refractivity contribution is 0.0195. The maximum atomic E-state index is 2.77. The van der Waals surface area contributed by atoms with E-state index in [1.54, 1.807) is 11.3 Å². The lowest BCUT2D eigenvalue weighted by Gasteiger charge is -2.50. The second-order valence-corrected chi connectivity index (χ2v) is 8.53. The summed E-state index contributed by atoms with van der Waals surface area (Å²) >= 11 is 0. The van der Waals surface area contributed by atoms with Crippen molar-refractivity contribution < 1.29 is 0 Å². The number of rotatable bonds is 2. The third-order valence-electron chi connectivity index (χ3n) is 6.76. The normalized spacial score (nSPS) is 25.8. The third-order valence-corrected chi connectivity index (χ3v) is 6.76. The zero-order chi connectivity index (χ0) is 17.7. The van der Waals surface area contributed by atoms with Gasteiger partial charge in [-0.2, -0.15) is 0 Å². The molecule has 0 bridgehead atoms. The summed E-state index contributed by atoms with van der Waals surface area (Å²) in [6.45, 7) is 8.32. The van der Waals surface area contributed by atoms with Crippen LogP contribution in [0.1, 0.15) is 43.5 Å². The summed E-state index contributed by atoms with van der Waals surface area (Å²) in [5.41, 5.74) is 6.16. The fourth-order valence-corrected chi connectivity index (χ4v) is 5.38. The molecular weight excluding hydrogens is 316 g/mol. The lowest BCUT2D eigenvalue weighted by atomic mass is 9.77. The first-order valence-corrected chi connectivity index (χ1v) is 10.1. The van der Waals surface area contributed by atoms with Gasteiger partial charge in [0.25, 0.3) is 0 Å². The smallest absolute Gasteiger partial charge is 0.0588 e. The molecule has 0 unspecified atom stereocenters. The molecule has 1 aromatic heterocycles. The van der Waals surface area contributed by atoms with Crippen molar-refractivity contribution in [2.24, 2.45) is 5.92 Å². The lowest BCUT2D eigenvalue weighted by Crippen LogP contribution is -2.54. The Balaban J connectivity index is 1.72. The minimum Gasteiger partial charge on any atom is -0.338 e. The highest BCUT2D eigenvalue weighted by molar-refractivity contribution is 5.86. The molecule has 134 valence electrons. The first-order chi connectivity index (χ1) is 12.7. The molecule has 0 saturated carbocycles. The maximum Gasteiger partial charge on any atom is 0.0588 e. The molecule has 2 aromatic carbocycles. The van der Waals surface area contributed by atoms with Gasteiger partial charge in [0.05, 0.1) is 5.54 Å². The van der Waals surface area contributed by atoms with Crippen LogP contribution in [0.4, 0.5) is 0 Å². The Morgan fingerprint density at radius 1 is 1.04 bits per heavy atom. The molecule has 1 saturated heterocycles.